The number of hydrogen-bond donors (Lipinski definition) is 1. The van der Waals surface area contributed by atoms with Gasteiger partial charge in [-0.3, -0.25) is 4.79 Å². The van der Waals surface area contributed by atoms with Gasteiger partial charge in [0, 0.05) is 37.6 Å². The molecule has 4 heteroatoms. The van der Waals surface area contributed by atoms with Crippen LogP contribution in [0.5, 0.6) is 0 Å². The van der Waals surface area contributed by atoms with Crippen molar-refractivity contribution >= 4 is 5.91 Å². The predicted octanol–water partition coefficient (Wildman–Crippen LogP) is 3.16. The van der Waals surface area contributed by atoms with E-state index in [4.69, 9.17) is 10.5 Å². The van der Waals surface area contributed by atoms with Crippen molar-refractivity contribution < 1.29 is 9.53 Å². The Hall–Kier alpha value is -1.39. The van der Waals surface area contributed by atoms with Gasteiger partial charge in [0.2, 0.25) is 5.91 Å². The minimum atomic E-state index is -0.361. The summed E-state index contributed by atoms with van der Waals surface area (Å²) in [6.45, 7) is 3.45. The van der Waals surface area contributed by atoms with Gasteiger partial charge in [-0.05, 0) is 49.4 Å². The first-order valence-corrected chi connectivity index (χ1v) is 9.81. The van der Waals surface area contributed by atoms with Gasteiger partial charge in [-0.25, -0.2) is 0 Å². The number of primary amides is 1. The average Bonchev–Trinajstić information content (AvgIpc) is 3.43. The Morgan fingerprint density at radius 3 is 2.56 bits per heavy atom. The Labute approximate surface area is 150 Å². The summed E-state index contributed by atoms with van der Waals surface area (Å²) in [5.74, 6) is 1.61. The Kier molecular flexibility index (Phi) is 4.59. The van der Waals surface area contributed by atoms with Crippen LogP contribution in [0.25, 0.3) is 0 Å². The molecule has 136 valence electrons. The molecular formula is C21H30N2O2. The number of carbonyl (C=O) groups excluding carboxylic acids is 1. The number of piperidine rings is 1. The van der Waals surface area contributed by atoms with Gasteiger partial charge in [0.15, 0.2) is 0 Å². The van der Waals surface area contributed by atoms with E-state index in [9.17, 15) is 4.79 Å². The molecule has 3 atom stereocenters. The summed E-state index contributed by atoms with van der Waals surface area (Å²) in [5, 5.41) is 0. The van der Waals surface area contributed by atoms with Gasteiger partial charge >= 0.3 is 0 Å². The number of ether oxygens (including phenoxy) is 1. The molecule has 0 spiro atoms. The summed E-state index contributed by atoms with van der Waals surface area (Å²) in [7, 11) is 1.85. The number of nitrogens with zero attached hydrogens (tertiary/aromatic N) is 1. The molecule has 2 aliphatic carbocycles. The van der Waals surface area contributed by atoms with E-state index in [0.717, 1.165) is 24.6 Å². The lowest BCUT2D eigenvalue weighted by atomic mass is 9.62. The fourth-order valence-corrected chi connectivity index (χ4v) is 5.32. The van der Waals surface area contributed by atoms with Crippen LogP contribution >= 0.6 is 0 Å². The molecular weight excluding hydrogens is 312 g/mol. The topological polar surface area (TPSA) is 55.6 Å². The second-order valence-electron chi connectivity index (χ2n) is 8.26. The predicted molar refractivity (Wildman–Crippen MR) is 98.3 cm³/mol. The molecule has 0 unspecified atom stereocenters. The number of fused-ring (bicyclic) bond motifs is 2. The molecule has 2 bridgehead atoms. The van der Waals surface area contributed by atoms with Crippen LogP contribution in [-0.2, 0) is 10.3 Å². The van der Waals surface area contributed by atoms with E-state index >= 15 is 0 Å². The van der Waals surface area contributed by atoms with Crippen molar-refractivity contribution in [2.45, 2.75) is 44.1 Å². The molecule has 4 nitrogen and oxygen atoms in total. The summed E-state index contributed by atoms with van der Waals surface area (Å²) >= 11 is 0. The van der Waals surface area contributed by atoms with Crippen molar-refractivity contribution in [1.82, 2.24) is 4.90 Å². The van der Waals surface area contributed by atoms with Crippen LogP contribution in [0.4, 0.5) is 0 Å². The quantitative estimate of drug-likeness (QED) is 0.864. The summed E-state index contributed by atoms with van der Waals surface area (Å²) in [6.07, 6.45) is 7.91. The molecule has 0 radical (unpaired) electrons. The summed E-state index contributed by atoms with van der Waals surface area (Å²) in [6, 6.07) is 7.85. The van der Waals surface area contributed by atoms with Crippen LogP contribution < -0.4 is 5.73 Å². The second-order valence-corrected chi connectivity index (χ2v) is 8.26. The largest absolute Gasteiger partial charge is 0.373 e. The van der Waals surface area contributed by atoms with E-state index in [2.05, 4.69) is 11.0 Å². The highest BCUT2D eigenvalue weighted by Crippen LogP contribution is 2.51. The maximum absolute atomic E-state index is 11.7. The van der Waals surface area contributed by atoms with Gasteiger partial charge in [0.25, 0.3) is 0 Å². The number of nitrogens with two attached hydrogens (primary N) is 1. The maximum Gasteiger partial charge on any atom is 0.248 e. The Balaban J connectivity index is 1.61. The number of likely N-dealkylation sites (tertiary alicyclic amines) is 1. The zero-order valence-corrected chi connectivity index (χ0v) is 15.2. The van der Waals surface area contributed by atoms with Crippen LogP contribution in [-0.4, -0.2) is 37.6 Å². The molecule has 4 rings (SSSR count). The lowest BCUT2D eigenvalue weighted by Crippen LogP contribution is -2.59. The van der Waals surface area contributed by atoms with Gasteiger partial charge in [0.1, 0.15) is 5.60 Å². The van der Waals surface area contributed by atoms with Crippen molar-refractivity contribution in [3.8, 4) is 0 Å². The summed E-state index contributed by atoms with van der Waals surface area (Å²) in [4.78, 5) is 14.3. The first kappa shape index (κ1) is 17.0. The molecule has 3 fully saturated rings. The fraction of sp³-hybridized carbons (Fsp3) is 0.667. The number of hydrogen-bond acceptors (Lipinski definition) is 3. The average molecular weight is 342 g/mol. The number of rotatable bonds is 6. The monoisotopic (exact) mass is 342 g/mol. The molecule has 3 aliphatic rings. The van der Waals surface area contributed by atoms with Crippen molar-refractivity contribution in [2.24, 2.45) is 23.5 Å². The number of benzene rings is 1. The maximum atomic E-state index is 11.7. The smallest absolute Gasteiger partial charge is 0.248 e. The molecule has 25 heavy (non-hydrogen) atoms. The van der Waals surface area contributed by atoms with Crippen molar-refractivity contribution in [2.75, 3.05) is 26.7 Å². The van der Waals surface area contributed by atoms with Crippen molar-refractivity contribution in [1.29, 1.82) is 0 Å². The lowest BCUT2D eigenvalue weighted by molar-refractivity contribution is -0.169. The molecule has 1 aromatic rings. The zero-order chi connectivity index (χ0) is 17.4. The van der Waals surface area contributed by atoms with Gasteiger partial charge in [0.05, 0.1) is 0 Å². The molecule has 1 aromatic carbocycles. The standard InChI is InChI=1S/C21H30N2O2/c1-25-21(17-5-2-4-16(12-17)20(22)24)18-6-3-7-19(21)14-23(13-18)11-10-15-8-9-15/h2,4-5,12,15,18-19H,3,6-11,13-14H2,1H3,(H2,22,24)/t18-,19+,21-. The van der Waals surface area contributed by atoms with Crippen molar-refractivity contribution in [3.63, 3.8) is 0 Å². The Bertz CT molecular complexity index is 627. The minimum Gasteiger partial charge on any atom is -0.373 e. The lowest BCUT2D eigenvalue weighted by Gasteiger charge is -2.55. The van der Waals surface area contributed by atoms with Crippen LogP contribution in [0, 0.1) is 17.8 Å². The van der Waals surface area contributed by atoms with Crippen LogP contribution in [0.1, 0.15) is 54.4 Å². The van der Waals surface area contributed by atoms with E-state index < -0.39 is 0 Å². The van der Waals surface area contributed by atoms with Crippen molar-refractivity contribution in [3.05, 3.63) is 35.4 Å². The third-order valence-electron chi connectivity index (χ3n) is 6.76. The van der Waals surface area contributed by atoms with E-state index in [0.29, 0.717) is 17.4 Å². The normalized spacial score (nSPS) is 32.5. The number of amides is 1. The summed E-state index contributed by atoms with van der Waals surface area (Å²) in [5.41, 5.74) is 6.98. The molecule has 2 saturated carbocycles. The first-order chi connectivity index (χ1) is 12.1. The Morgan fingerprint density at radius 1 is 1.24 bits per heavy atom. The van der Waals surface area contributed by atoms with Crippen LogP contribution in [0.15, 0.2) is 24.3 Å². The third-order valence-corrected chi connectivity index (χ3v) is 6.76. The second kappa shape index (κ2) is 6.73. The zero-order valence-electron chi connectivity index (χ0n) is 15.2. The number of carbonyl (C=O) groups is 1. The highest BCUT2D eigenvalue weighted by molar-refractivity contribution is 5.92. The molecule has 1 saturated heterocycles. The minimum absolute atomic E-state index is 0.264. The first-order valence-electron chi connectivity index (χ1n) is 9.81. The van der Waals surface area contributed by atoms with Gasteiger partial charge < -0.3 is 15.4 Å². The fourth-order valence-electron chi connectivity index (χ4n) is 5.32. The molecule has 2 N–H and O–H groups in total. The molecule has 0 aromatic heterocycles. The van der Waals surface area contributed by atoms with Gasteiger partial charge in [-0.2, -0.15) is 0 Å². The summed E-state index contributed by atoms with van der Waals surface area (Å²) < 4.78 is 6.27. The SMILES string of the molecule is CO[C@]1(c2cccc(C(N)=O)c2)[C@@H]2CCC[C@H]1CN(CCC1CC1)C2. The number of methoxy groups -OCH3 is 1. The van der Waals surface area contributed by atoms with E-state index in [1.807, 2.05) is 19.2 Å². The van der Waals surface area contributed by atoms with Crippen LogP contribution in [0.2, 0.25) is 0 Å². The highest BCUT2D eigenvalue weighted by Gasteiger charge is 2.53. The highest BCUT2D eigenvalue weighted by atomic mass is 16.5. The van der Waals surface area contributed by atoms with E-state index in [1.54, 1.807) is 6.07 Å². The molecule has 1 amide bonds. The van der Waals surface area contributed by atoms with E-state index in [1.165, 1.54) is 45.1 Å². The van der Waals surface area contributed by atoms with Gasteiger partial charge in [-0.15, -0.1) is 0 Å². The van der Waals surface area contributed by atoms with Gasteiger partial charge in [-0.1, -0.05) is 31.4 Å². The van der Waals surface area contributed by atoms with Crippen LogP contribution in [0.3, 0.4) is 0 Å². The molecule has 1 aliphatic heterocycles. The Morgan fingerprint density at radius 2 is 1.96 bits per heavy atom. The third kappa shape index (κ3) is 3.11. The van der Waals surface area contributed by atoms with E-state index in [-0.39, 0.29) is 11.5 Å². The molecule has 1 heterocycles.